The molecule has 1 heterocycles. The topological polar surface area (TPSA) is 87.7 Å². The minimum atomic E-state index is -0.556. The number of aryl methyl sites for hydroxylation is 1. The first kappa shape index (κ1) is 20.4. The number of nitrogens with zero attached hydrogens (tertiary/aromatic N) is 1. The molecule has 7 nitrogen and oxygen atoms in total. The summed E-state index contributed by atoms with van der Waals surface area (Å²) in [4.78, 5) is 38.7. The summed E-state index contributed by atoms with van der Waals surface area (Å²) in [7, 11) is 0. The molecule has 2 N–H and O–H groups in total. The Bertz CT molecular complexity index is 895. The van der Waals surface area contributed by atoms with Crippen LogP contribution in [0.25, 0.3) is 0 Å². The molecule has 0 aliphatic carbocycles. The fourth-order valence-corrected chi connectivity index (χ4v) is 3.26. The third kappa shape index (κ3) is 4.74. The van der Waals surface area contributed by atoms with Crippen molar-refractivity contribution >= 4 is 23.4 Å². The first-order chi connectivity index (χ1) is 14.0. The van der Waals surface area contributed by atoms with Crippen LogP contribution in [0.5, 0.6) is 5.75 Å². The number of rotatable bonds is 6. The van der Waals surface area contributed by atoms with Crippen LogP contribution in [0.2, 0.25) is 0 Å². The van der Waals surface area contributed by atoms with Crippen LogP contribution in [0.4, 0.5) is 5.69 Å². The Morgan fingerprint density at radius 2 is 1.79 bits per heavy atom. The van der Waals surface area contributed by atoms with Crippen LogP contribution in [0.15, 0.2) is 48.5 Å². The Balaban J connectivity index is 1.59. The van der Waals surface area contributed by atoms with E-state index in [1.807, 2.05) is 38.1 Å². The number of ether oxygens (including phenoxy) is 1. The van der Waals surface area contributed by atoms with E-state index in [0.29, 0.717) is 23.6 Å². The van der Waals surface area contributed by atoms with Crippen LogP contribution in [0.3, 0.4) is 0 Å². The first-order valence-corrected chi connectivity index (χ1v) is 9.74. The molecule has 0 aromatic heterocycles. The van der Waals surface area contributed by atoms with E-state index in [9.17, 15) is 14.4 Å². The number of benzene rings is 2. The van der Waals surface area contributed by atoms with E-state index >= 15 is 0 Å². The predicted octanol–water partition coefficient (Wildman–Crippen LogP) is 2.46. The van der Waals surface area contributed by atoms with Gasteiger partial charge in [-0.2, -0.15) is 0 Å². The molecule has 1 aliphatic rings. The number of hydrazine groups is 1. The Hall–Kier alpha value is -3.35. The summed E-state index contributed by atoms with van der Waals surface area (Å²) in [5.41, 5.74) is 7.09. The number of carbonyl (C=O) groups excluding carboxylic acids is 3. The lowest BCUT2D eigenvalue weighted by atomic mass is 10.1. The van der Waals surface area contributed by atoms with Crippen LogP contribution in [-0.4, -0.2) is 30.9 Å². The summed E-state index contributed by atoms with van der Waals surface area (Å²) in [6.45, 7) is 4.62. The molecule has 1 fully saturated rings. The fraction of sp³-hybridized carbons (Fsp3) is 0.318. The molecule has 1 saturated heterocycles. The lowest BCUT2D eigenvalue weighted by Gasteiger charge is -2.20. The van der Waals surface area contributed by atoms with Gasteiger partial charge in [0, 0.05) is 18.5 Å². The molecular formula is C22H25N3O4. The minimum Gasteiger partial charge on any atom is -0.492 e. The maximum Gasteiger partial charge on any atom is 0.269 e. The molecule has 3 amide bonds. The molecule has 2 aromatic rings. The van der Waals surface area contributed by atoms with Crippen molar-refractivity contribution in [3.8, 4) is 5.75 Å². The van der Waals surface area contributed by atoms with Gasteiger partial charge in [-0.1, -0.05) is 31.2 Å². The minimum absolute atomic E-state index is 0.0767. The van der Waals surface area contributed by atoms with Crippen molar-refractivity contribution in [1.29, 1.82) is 0 Å². The highest BCUT2D eigenvalue weighted by atomic mass is 16.5. The van der Waals surface area contributed by atoms with E-state index < -0.39 is 17.7 Å². The van der Waals surface area contributed by atoms with Crippen molar-refractivity contribution in [1.82, 2.24) is 10.9 Å². The smallest absolute Gasteiger partial charge is 0.269 e. The third-order valence-electron chi connectivity index (χ3n) is 4.88. The number of anilines is 1. The van der Waals surface area contributed by atoms with E-state index in [4.69, 9.17) is 4.74 Å². The number of amides is 3. The third-order valence-corrected chi connectivity index (χ3v) is 4.88. The molecule has 2 aromatic carbocycles. The molecule has 0 spiro atoms. The molecule has 0 radical (unpaired) electrons. The summed E-state index contributed by atoms with van der Waals surface area (Å²) < 4.78 is 5.59. The van der Waals surface area contributed by atoms with Crippen molar-refractivity contribution in [2.75, 3.05) is 18.1 Å². The predicted molar refractivity (Wildman–Crippen MR) is 109 cm³/mol. The maximum atomic E-state index is 12.5. The number of hydrogen-bond acceptors (Lipinski definition) is 4. The normalized spacial score (nSPS) is 15.9. The van der Waals surface area contributed by atoms with Gasteiger partial charge in [0.1, 0.15) is 5.75 Å². The van der Waals surface area contributed by atoms with Crippen molar-refractivity contribution in [3.05, 3.63) is 59.7 Å². The Morgan fingerprint density at radius 1 is 1.07 bits per heavy atom. The molecule has 0 unspecified atom stereocenters. The second kappa shape index (κ2) is 9.23. The average molecular weight is 395 g/mol. The van der Waals surface area contributed by atoms with E-state index in [0.717, 1.165) is 12.0 Å². The Labute approximate surface area is 170 Å². The van der Waals surface area contributed by atoms with E-state index in [2.05, 4.69) is 10.9 Å². The fourth-order valence-electron chi connectivity index (χ4n) is 3.26. The molecule has 7 heteroatoms. The SMILES string of the molecule is CCOc1ccccc1N1C[C@H](C(=O)NNC(=O)c2ccc(CC)cc2)CC1=O. The molecular weight excluding hydrogens is 370 g/mol. The van der Waals surface area contributed by atoms with Gasteiger partial charge in [-0.3, -0.25) is 25.2 Å². The van der Waals surface area contributed by atoms with Crippen LogP contribution >= 0.6 is 0 Å². The van der Waals surface area contributed by atoms with Crippen molar-refractivity contribution in [2.24, 2.45) is 5.92 Å². The zero-order valence-electron chi connectivity index (χ0n) is 16.6. The lowest BCUT2D eigenvalue weighted by Crippen LogP contribution is -2.45. The summed E-state index contributed by atoms with van der Waals surface area (Å²) in [5, 5.41) is 0. The largest absolute Gasteiger partial charge is 0.492 e. The van der Waals surface area contributed by atoms with Crippen LogP contribution < -0.4 is 20.5 Å². The molecule has 0 saturated carbocycles. The van der Waals surface area contributed by atoms with Gasteiger partial charge < -0.3 is 9.64 Å². The van der Waals surface area contributed by atoms with Crippen molar-refractivity contribution in [3.63, 3.8) is 0 Å². The van der Waals surface area contributed by atoms with E-state index in [-0.39, 0.29) is 18.9 Å². The summed E-state index contributed by atoms with van der Waals surface area (Å²) >= 11 is 0. The second-order valence-corrected chi connectivity index (χ2v) is 6.80. The molecule has 1 aliphatic heterocycles. The van der Waals surface area contributed by atoms with Crippen LogP contribution in [0, 0.1) is 5.92 Å². The van der Waals surface area contributed by atoms with E-state index in [1.165, 1.54) is 0 Å². The van der Waals surface area contributed by atoms with Gasteiger partial charge in [0.2, 0.25) is 11.8 Å². The van der Waals surface area contributed by atoms with Crippen molar-refractivity contribution in [2.45, 2.75) is 26.7 Å². The van der Waals surface area contributed by atoms with Crippen molar-refractivity contribution < 1.29 is 19.1 Å². The number of carbonyl (C=O) groups is 3. The standard InChI is InChI=1S/C22H25N3O4/c1-3-15-9-11-16(12-10-15)21(27)23-24-22(28)17-13-20(26)25(14-17)18-7-5-6-8-19(18)29-4-2/h5-12,17H,3-4,13-14H2,1-2H3,(H,23,27)(H,24,28)/t17-/m1/s1. The number of para-hydroxylation sites is 2. The highest BCUT2D eigenvalue weighted by Crippen LogP contribution is 2.33. The van der Waals surface area contributed by atoms with E-state index in [1.54, 1.807) is 29.2 Å². The van der Waals surface area contributed by atoms with Gasteiger partial charge in [-0.05, 0) is 43.2 Å². The Kier molecular flexibility index (Phi) is 6.49. The van der Waals surface area contributed by atoms with Crippen LogP contribution in [0.1, 0.15) is 36.2 Å². The zero-order valence-corrected chi connectivity index (χ0v) is 16.6. The summed E-state index contributed by atoms with van der Waals surface area (Å²) in [6.07, 6.45) is 0.963. The van der Waals surface area contributed by atoms with Gasteiger partial charge >= 0.3 is 0 Å². The van der Waals surface area contributed by atoms with Gasteiger partial charge in [-0.25, -0.2) is 0 Å². The maximum absolute atomic E-state index is 12.5. The number of hydrogen-bond donors (Lipinski definition) is 2. The molecule has 3 rings (SSSR count). The first-order valence-electron chi connectivity index (χ1n) is 9.74. The van der Waals surface area contributed by atoms with Crippen LogP contribution in [-0.2, 0) is 16.0 Å². The van der Waals surface area contributed by atoms with Gasteiger partial charge in [0.15, 0.2) is 0 Å². The molecule has 152 valence electrons. The highest BCUT2D eigenvalue weighted by molar-refractivity contribution is 6.02. The average Bonchev–Trinajstić information content (AvgIpc) is 3.14. The molecule has 0 bridgehead atoms. The van der Waals surface area contributed by atoms with Gasteiger partial charge in [-0.15, -0.1) is 0 Å². The molecule has 29 heavy (non-hydrogen) atoms. The quantitative estimate of drug-likeness (QED) is 0.736. The number of nitrogens with one attached hydrogen (secondary N) is 2. The van der Waals surface area contributed by atoms with Gasteiger partial charge in [0.05, 0.1) is 18.2 Å². The summed E-state index contributed by atoms with van der Waals surface area (Å²) in [5.74, 6) is -0.899. The molecule has 1 atom stereocenters. The summed E-state index contributed by atoms with van der Waals surface area (Å²) in [6, 6.07) is 14.4. The Morgan fingerprint density at radius 3 is 2.48 bits per heavy atom. The monoisotopic (exact) mass is 395 g/mol. The second-order valence-electron chi connectivity index (χ2n) is 6.80. The highest BCUT2D eigenvalue weighted by Gasteiger charge is 2.36. The van der Waals surface area contributed by atoms with Gasteiger partial charge in [0.25, 0.3) is 5.91 Å². The lowest BCUT2D eigenvalue weighted by molar-refractivity contribution is -0.126. The zero-order chi connectivity index (χ0) is 20.8.